The van der Waals surface area contributed by atoms with Crippen LogP contribution in [0.1, 0.15) is 42.2 Å². The molecule has 1 aliphatic rings. The molecule has 3 aromatic carbocycles. The first-order valence-corrected chi connectivity index (χ1v) is 8.80. The molecule has 4 rings (SSSR count). The maximum absolute atomic E-state index is 12.9. The molecule has 6 nitrogen and oxygen atoms in total. The highest BCUT2D eigenvalue weighted by Gasteiger charge is 2.37. The number of aryl methyl sites for hydroxylation is 1. The fourth-order valence-corrected chi connectivity index (χ4v) is 3.16. The van der Waals surface area contributed by atoms with E-state index >= 15 is 0 Å². The average Bonchev–Trinajstić information content (AvgIpc) is 2.99. The third kappa shape index (κ3) is 3.15. The monoisotopic (exact) mass is 382 g/mol. The molecule has 0 saturated heterocycles. The lowest BCUT2D eigenvalue weighted by Crippen LogP contribution is -2.29. The Labute approximate surface area is 166 Å². The number of nitriles is 1. The summed E-state index contributed by atoms with van der Waals surface area (Å²) in [7, 11) is 0. The molecule has 0 radical (unpaired) electrons. The molecule has 0 aliphatic carbocycles. The van der Waals surface area contributed by atoms with E-state index in [2.05, 4.69) is 0 Å². The van der Waals surface area contributed by atoms with E-state index in [1.807, 2.05) is 25.1 Å². The lowest BCUT2D eigenvalue weighted by atomic mass is 10.1. The van der Waals surface area contributed by atoms with Crippen LogP contribution in [0.25, 0.3) is 0 Å². The third-order valence-electron chi connectivity index (χ3n) is 4.67. The second-order valence-electron chi connectivity index (χ2n) is 6.52. The minimum atomic E-state index is -0.660. The fraction of sp³-hybridized carbons (Fsp3) is 0.0435. The number of nitrogens with zero attached hydrogens (tertiary/aromatic N) is 2. The summed E-state index contributed by atoms with van der Waals surface area (Å²) in [5.41, 5.74) is 2.31. The van der Waals surface area contributed by atoms with E-state index in [-0.39, 0.29) is 22.4 Å². The number of carbonyl (C=O) groups is 3. The Bertz CT molecular complexity index is 1210. The molecule has 1 heterocycles. The van der Waals surface area contributed by atoms with Crippen LogP contribution in [0.3, 0.4) is 0 Å². The minimum Gasteiger partial charge on any atom is -0.423 e. The number of imide groups is 1. The molecule has 1 aliphatic heterocycles. The number of hydrogen-bond acceptors (Lipinski definition) is 5. The quantitative estimate of drug-likeness (QED) is 0.390. The number of ether oxygens (including phenoxy) is 1. The number of esters is 1. The molecule has 3 aromatic rings. The minimum absolute atomic E-state index is 0.154. The van der Waals surface area contributed by atoms with E-state index in [1.165, 1.54) is 42.5 Å². The topological polar surface area (TPSA) is 87.5 Å². The van der Waals surface area contributed by atoms with Gasteiger partial charge < -0.3 is 4.74 Å². The van der Waals surface area contributed by atoms with Gasteiger partial charge in [-0.2, -0.15) is 5.26 Å². The molecule has 0 spiro atoms. The summed E-state index contributed by atoms with van der Waals surface area (Å²) in [6.07, 6.45) is 0. The second kappa shape index (κ2) is 7.06. The zero-order valence-electron chi connectivity index (χ0n) is 15.4. The molecule has 2 amide bonds. The number of benzene rings is 3. The van der Waals surface area contributed by atoms with Gasteiger partial charge in [0.2, 0.25) is 0 Å². The smallest absolute Gasteiger partial charge is 0.343 e. The maximum Gasteiger partial charge on any atom is 0.343 e. The predicted octanol–water partition coefficient (Wildman–Crippen LogP) is 3.89. The van der Waals surface area contributed by atoms with Gasteiger partial charge in [-0.3, -0.25) is 9.59 Å². The highest BCUT2D eigenvalue weighted by molar-refractivity contribution is 6.34. The normalized spacial score (nSPS) is 12.5. The van der Waals surface area contributed by atoms with Crippen molar-refractivity contribution in [1.82, 2.24) is 0 Å². The van der Waals surface area contributed by atoms with Crippen molar-refractivity contribution >= 4 is 23.5 Å². The van der Waals surface area contributed by atoms with E-state index in [0.717, 1.165) is 10.5 Å². The Morgan fingerprint density at radius 1 is 0.931 bits per heavy atom. The standard InChI is InChI=1S/C23H14N2O4/c1-14-4-2-3-5-20(14)25-21(26)18-11-8-16(12-19(18)22(25)27)23(28)29-17-9-6-15(13-24)7-10-17/h2-12H,1H3. The molecule has 0 aromatic heterocycles. The zero-order valence-corrected chi connectivity index (χ0v) is 15.4. The van der Waals surface area contributed by atoms with E-state index in [0.29, 0.717) is 11.3 Å². The number of anilines is 1. The molecule has 0 saturated carbocycles. The fourth-order valence-electron chi connectivity index (χ4n) is 3.16. The summed E-state index contributed by atoms with van der Waals surface area (Å²) in [6, 6.07) is 19.5. The van der Waals surface area contributed by atoms with Gasteiger partial charge in [-0.15, -0.1) is 0 Å². The van der Waals surface area contributed by atoms with Crippen molar-refractivity contribution in [2.75, 3.05) is 4.90 Å². The van der Waals surface area contributed by atoms with Crippen molar-refractivity contribution in [3.8, 4) is 11.8 Å². The molecular weight excluding hydrogens is 368 g/mol. The Hall–Kier alpha value is -4.24. The van der Waals surface area contributed by atoms with Crippen LogP contribution >= 0.6 is 0 Å². The number of para-hydroxylation sites is 1. The summed E-state index contributed by atoms with van der Waals surface area (Å²) < 4.78 is 5.29. The van der Waals surface area contributed by atoms with Crippen LogP contribution in [0.2, 0.25) is 0 Å². The van der Waals surface area contributed by atoms with Crippen LogP contribution in [-0.4, -0.2) is 17.8 Å². The van der Waals surface area contributed by atoms with Crippen molar-refractivity contribution in [3.63, 3.8) is 0 Å². The average molecular weight is 382 g/mol. The van der Waals surface area contributed by atoms with Gasteiger partial charge in [0.05, 0.1) is 34.0 Å². The molecule has 0 bridgehead atoms. The predicted molar refractivity (Wildman–Crippen MR) is 105 cm³/mol. The lowest BCUT2D eigenvalue weighted by molar-refractivity contribution is 0.0734. The van der Waals surface area contributed by atoms with E-state index in [1.54, 1.807) is 12.1 Å². The molecule has 0 fully saturated rings. The lowest BCUT2D eigenvalue weighted by Gasteiger charge is -2.16. The first-order chi connectivity index (χ1) is 14.0. The number of carbonyl (C=O) groups excluding carboxylic acids is 3. The third-order valence-corrected chi connectivity index (χ3v) is 4.67. The van der Waals surface area contributed by atoms with Crippen LogP contribution < -0.4 is 9.64 Å². The Morgan fingerprint density at radius 3 is 2.31 bits per heavy atom. The number of amides is 2. The highest BCUT2D eigenvalue weighted by Crippen LogP contribution is 2.31. The second-order valence-corrected chi connectivity index (χ2v) is 6.52. The van der Waals surface area contributed by atoms with Gasteiger partial charge in [0.15, 0.2) is 0 Å². The summed E-state index contributed by atoms with van der Waals surface area (Å²) in [5.74, 6) is -1.29. The zero-order chi connectivity index (χ0) is 20.5. The first kappa shape index (κ1) is 18.1. The summed E-state index contributed by atoms with van der Waals surface area (Å²) in [4.78, 5) is 39.2. The Morgan fingerprint density at radius 2 is 1.62 bits per heavy atom. The van der Waals surface area contributed by atoms with Crippen LogP contribution in [0, 0.1) is 18.3 Å². The molecule has 6 heteroatoms. The van der Waals surface area contributed by atoms with Gasteiger partial charge in [0, 0.05) is 0 Å². The molecule has 29 heavy (non-hydrogen) atoms. The van der Waals surface area contributed by atoms with Crippen molar-refractivity contribution in [2.24, 2.45) is 0 Å². The Kier molecular flexibility index (Phi) is 4.41. The van der Waals surface area contributed by atoms with E-state index in [9.17, 15) is 14.4 Å². The van der Waals surface area contributed by atoms with Crippen molar-refractivity contribution < 1.29 is 19.1 Å². The molecule has 0 N–H and O–H groups in total. The summed E-state index contributed by atoms with van der Waals surface area (Å²) in [6.45, 7) is 1.82. The van der Waals surface area contributed by atoms with Gasteiger partial charge in [-0.1, -0.05) is 18.2 Å². The largest absolute Gasteiger partial charge is 0.423 e. The molecule has 0 atom stereocenters. The van der Waals surface area contributed by atoms with E-state index in [4.69, 9.17) is 10.00 Å². The summed E-state index contributed by atoms with van der Waals surface area (Å²) in [5, 5.41) is 8.82. The van der Waals surface area contributed by atoms with Crippen LogP contribution in [0.15, 0.2) is 66.7 Å². The van der Waals surface area contributed by atoms with Gasteiger partial charge in [0.1, 0.15) is 5.75 Å². The van der Waals surface area contributed by atoms with Gasteiger partial charge in [0.25, 0.3) is 11.8 Å². The molecular formula is C23H14N2O4. The van der Waals surface area contributed by atoms with Crippen molar-refractivity contribution in [3.05, 3.63) is 94.5 Å². The van der Waals surface area contributed by atoms with E-state index < -0.39 is 17.8 Å². The molecule has 140 valence electrons. The van der Waals surface area contributed by atoms with Gasteiger partial charge in [-0.25, -0.2) is 9.69 Å². The van der Waals surface area contributed by atoms with Crippen LogP contribution in [0.4, 0.5) is 5.69 Å². The highest BCUT2D eigenvalue weighted by atomic mass is 16.5. The number of rotatable bonds is 3. The SMILES string of the molecule is Cc1ccccc1N1C(=O)c2ccc(C(=O)Oc3ccc(C#N)cc3)cc2C1=O. The van der Waals surface area contributed by atoms with Gasteiger partial charge in [-0.05, 0) is 61.0 Å². The van der Waals surface area contributed by atoms with Gasteiger partial charge >= 0.3 is 5.97 Å². The first-order valence-electron chi connectivity index (χ1n) is 8.80. The van der Waals surface area contributed by atoms with Crippen LogP contribution in [0.5, 0.6) is 5.75 Å². The molecule has 0 unspecified atom stereocenters. The number of hydrogen-bond donors (Lipinski definition) is 0. The van der Waals surface area contributed by atoms with Crippen molar-refractivity contribution in [2.45, 2.75) is 6.92 Å². The van der Waals surface area contributed by atoms with Crippen LogP contribution in [-0.2, 0) is 0 Å². The number of fused-ring (bicyclic) bond motifs is 1. The summed E-state index contributed by atoms with van der Waals surface area (Å²) >= 11 is 0. The Balaban J connectivity index is 1.62. The maximum atomic E-state index is 12.9. The van der Waals surface area contributed by atoms with Crippen molar-refractivity contribution in [1.29, 1.82) is 5.26 Å².